The minimum absolute atomic E-state index is 0.194. The van der Waals surface area contributed by atoms with E-state index in [0.29, 0.717) is 29.7 Å². The van der Waals surface area contributed by atoms with Crippen molar-refractivity contribution in [2.45, 2.75) is 45.6 Å². The monoisotopic (exact) mass is 325 g/mol. The van der Waals surface area contributed by atoms with Gasteiger partial charge in [-0.05, 0) is 51.2 Å². The van der Waals surface area contributed by atoms with Crippen LogP contribution in [0.2, 0.25) is 5.02 Å². The van der Waals surface area contributed by atoms with Crippen molar-refractivity contribution in [3.05, 3.63) is 34.3 Å². The molecule has 0 atom stereocenters. The molecule has 0 N–H and O–H groups in total. The lowest BCUT2D eigenvalue weighted by Gasteiger charge is -2.20. The molecule has 3 rings (SSSR count). The molecule has 5 heteroatoms. The van der Waals surface area contributed by atoms with Gasteiger partial charge < -0.3 is 14.4 Å². The predicted octanol–water partition coefficient (Wildman–Crippen LogP) is 4.89. The zero-order valence-corrected chi connectivity index (χ0v) is 13.8. The summed E-state index contributed by atoms with van der Waals surface area (Å²) in [5.41, 5.74) is 1.59. The lowest BCUT2D eigenvalue weighted by molar-refractivity contribution is 0.210. The Morgan fingerprint density at radius 3 is 2.68 bits per heavy atom. The normalized spacial score (nSPS) is 18.7. The quantitative estimate of drug-likeness (QED) is 0.790. The highest BCUT2D eigenvalue weighted by Crippen LogP contribution is 2.36. The maximum Gasteiger partial charge on any atom is 0.161 e. The van der Waals surface area contributed by atoms with Gasteiger partial charge in [-0.2, -0.15) is 0 Å². The van der Waals surface area contributed by atoms with Gasteiger partial charge in [0.05, 0.1) is 23.4 Å². The fourth-order valence-corrected chi connectivity index (χ4v) is 3.11. The van der Waals surface area contributed by atoms with Crippen molar-refractivity contribution in [1.29, 1.82) is 0 Å². The van der Waals surface area contributed by atoms with E-state index < -0.39 is 0 Å². The molecule has 1 aliphatic carbocycles. The van der Waals surface area contributed by atoms with Crippen molar-refractivity contribution >= 4 is 17.3 Å². The number of ether oxygens (including phenoxy) is 2. The molecule has 3 nitrogen and oxygen atoms in total. The molecular weight excluding hydrogens is 305 g/mol. The highest BCUT2D eigenvalue weighted by molar-refractivity contribution is 6.32. The van der Waals surface area contributed by atoms with Gasteiger partial charge in [0, 0.05) is 6.07 Å². The van der Waals surface area contributed by atoms with Crippen molar-refractivity contribution in [3.8, 4) is 5.75 Å². The minimum atomic E-state index is -0.345. The maximum absolute atomic E-state index is 14.3. The van der Waals surface area contributed by atoms with E-state index in [1.807, 2.05) is 18.7 Å². The van der Waals surface area contributed by atoms with Crippen LogP contribution in [0.3, 0.4) is 0 Å². The van der Waals surface area contributed by atoms with Crippen molar-refractivity contribution < 1.29 is 13.9 Å². The number of allylic oxidation sites excluding steroid dienone is 1. The number of benzene rings is 1. The number of anilines is 1. The van der Waals surface area contributed by atoms with Crippen LogP contribution in [0.4, 0.5) is 10.1 Å². The molecule has 2 aliphatic rings. The first-order chi connectivity index (χ1) is 10.5. The smallest absolute Gasteiger partial charge is 0.161 e. The van der Waals surface area contributed by atoms with Gasteiger partial charge in [0.2, 0.25) is 0 Å². The molecule has 0 amide bonds. The van der Waals surface area contributed by atoms with E-state index in [1.54, 1.807) is 6.07 Å². The Labute approximate surface area is 135 Å². The van der Waals surface area contributed by atoms with Crippen LogP contribution in [0, 0.1) is 5.82 Å². The van der Waals surface area contributed by atoms with Crippen LogP contribution >= 0.6 is 11.6 Å². The summed E-state index contributed by atoms with van der Waals surface area (Å²) in [5.74, 6) is 1.12. The predicted molar refractivity (Wildman–Crippen MR) is 86.0 cm³/mol. The molecule has 0 radical (unpaired) electrons. The molecular formula is C17H21ClFNO2. The van der Waals surface area contributed by atoms with Crippen LogP contribution in [0.15, 0.2) is 23.5 Å². The molecule has 2 fully saturated rings. The molecule has 1 heterocycles. The second-order valence-corrected chi connectivity index (χ2v) is 6.56. The van der Waals surface area contributed by atoms with E-state index in [1.165, 1.54) is 18.9 Å². The second kappa shape index (κ2) is 6.37. The average molecular weight is 326 g/mol. The molecule has 0 bridgehead atoms. The Kier molecular flexibility index (Phi) is 4.48. The van der Waals surface area contributed by atoms with Crippen LogP contribution in [0.5, 0.6) is 5.75 Å². The summed E-state index contributed by atoms with van der Waals surface area (Å²) in [5, 5.41) is 0.329. The first-order valence-corrected chi connectivity index (χ1v) is 8.12. The Hall–Kier alpha value is -1.42. The zero-order valence-electron chi connectivity index (χ0n) is 13.0. The summed E-state index contributed by atoms with van der Waals surface area (Å²) < 4.78 is 25.8. The summed E-state index contributed by atoms with van der Waals surface area (Å²) in [6, 6.07) is 3.04. The lowest BCUT2D eigenvalue weighted by Crippen LogP contribution is -2.20. The van der Waals surface area contributed by atoms with Crippen LogP contribution < -0.4 is 9.64 Å². The van der Waals surface area contributed by atoms with Gasteiger partial charge in [-0.25, -0.2) is 4.39 Å². The zero-order chi connectivity index (χ0) is 15.7. The average Bonchev–Trinajstić information content (AvgIpc) is 3.13. The third kappa shape index (κ3) is 3.17. The molecule has 0 spiro atoms. The highest BCUT2D eigenvalue weighted by atomic mass is 35.5. The molecule has 0 aromatic heterocycles. The van der Waals surface area contributed by atoms with Crippen LogP contribution in [-0.2, 0) is 4.74 Å². The van der Waals surface area contributed by atoms with E-state index in [0.717, 1.165) is 24.2 Å². The summed E-state index contributed by atoms with van der Waals surface area (Å²) in [7, 11) is 0. The highest BCUT2D eigenvalue weighted by Gasteiger charge is 2.24. The molecule has 1 aromatic carbocycles. The van der Waals surface area contributed by atoms with E-state index >= 15 is 0 Å². The SMILES string of the molecule is CC(C)=C1CN(c2cc(OC3CCCC3)c(Cl)cc2F)CO1. The van der Waals surface area contributed by atoms with Crippen molar-refractivity contribution in [3.63, 3.8) is 0 Å². The molecule has 0 unspecified atom stereocenters. The van der Waals surface area contributed by atoms with Crippen LogP contribution in [0.1, 0.15) is 39.5 Å². The molecule has 120 valence electrons. The number of halogens is 2. The van der Waals surface area contributed by atoms with Gasteiger partial charge in [-0.15, -0.1) is 0 Å². The Morgan fingerprint density at radius 2 is 2.05 bits per heavy atom. The first-order valence-electron chi connectivity index (χ1n) is 7.74. The van der Waals surface area contributed by atoms with Gasteiger partial charge >= 0.3 is 0 Å². The second-order valence-electron chi connectivity index (χ2n) is 6.15. The maximum atomic E-state index is 14.3. The topological polar surface area (TPSA) is 21.7 Å². The Morgan fingerprint density at radius 1 is 1.32 bits per heavy atom. The molecule has 1 saturated carbocycles. The lowest BCUT2D eigenvalue weighted by atomic mass is 10.2. The standard InChI is InChI=1S/C17H21ClFNO2/c1-11(2)17-9-20(10-21-17)15-8-16(13(18)7-14(15)19)22-12-5-3-4-6-12/h7-8,12H,3-6,9-10H2,1-2H3. The fourth-order valence-electron chi connectivity index (χ4n) is 2.91. The summed E-state index contributed by atoms with van der Waals surface area (Å²) in [6.45, 7) is 4.91. The Bertz CT molecular complexity index is 593. The van der Waals surface area contributed by atoms with E-state index in [2.05, 4.69) is 0 Å². The molecule has 1 aliphatic heterocycles. The Balaban J connectivity index is 1.83. The van der Waals surface area contributed by atoms with Crippen LogP contribution in [-0.4, -0.2) is 19.4 Å². The van der Waals surface area contributed by atoms with Crippen molar-refractivity contribution in [2.24, 2.45) is 0 Å². The number of nitrogens with zero attached hydrogens (tertiary/aromatic N) is 1. The van der Waals surface area contributed by atoms with E-state index in [4.69, 9.17) is 21.1 Å². The summed E-state index contributed by atoms with van der Waals surface area (Å²) in [6.07, 6.45) is 4.63. The summed E-state index contributed by atoms with van der Waals surface area (Å²) in [4.78, 5) is 1.86. The van der Waals surface area contributed by atoms with Gasteiger partial charge in [-0.1, -0.05) is 11.6 Å². The van der Waals surface area contributed by atoms with Gasteiger partial charge in [0.1, 0.15) is 17.3 Å². The third-order valence-corrected chi connectivity index (χ3v) is 4.52. The van der Waals surface area contributed by atoms with E-state index in [9.17, 15) is 4.39 Å². The van der Waals surface area contributed by atoms with Crippen LogP contribution in [0.25, 0.3) is 0 Å². The van der Waals surface area contributed by atoms with Gasteiger partial charge in [-0.3, -0.25) is 0 Å². The van der Waals surface area contributed by atoms with E-state index in [-0.39, 0.29) is 11.9 Å². The van der Waals surface area contributed by atoms with Gasteiger partial charge in [0.25, 0.3) is 0 Å². The fraction of sp³-hybridized carbons (Fsp3) is 0.529. The molecule has 1 aromatic rings. The molecule has 1 saturated heterocycles. The van der Waals surface area contributed by atoms with Crippen molar-refractivity contribution in [2.75, 3.05) is 18.2 Å². The molecule has 22 heavy (non-hydrogen) atoms. The number of hydrogen-bond donors (Lipinski definition) is 0. The summed E-state index contributed by atoms with van der Waals surface area (Å²) >= 11 is 6.14. The van der Waals surface area contributed by atoms with Crippen molar-refractivity contribution in [1.82, 2.24) is 0 Å². The number of hydrogen-bond acceptors (Lipinski definition) is 3. The third-order valence-electron chi connectivity index (χ3n) is 4.22. The van der Waals surface area contributed by atoms with Gasteiger partial charge in [0.15, 0.2) is 6.73 Å². The minimum Gasteiger partial charge on any atom is -0.489 e. The first kappa shape index (κ1) is 15.5. The number of rotatable bonds is 3. The largest absolute Gasteiger partial charge is 0.489 e.